The molecular formula is C48H68N14O14S2. The molecule has 2 fully saturated rings. The van der Waals surface area contributed by atoms with E-state index in [1.807, 2.05) is 0 Å². The Morgan fingerprint density at radius 1 is 0.744 bits per heavy atom. The minimum Gasteiger partial charge on any atom is -0.508 e. The number of nitrogens with zero attached hydrogens (tertiary/aromatic N) is 2. The normalized spacial score (nSPS) is 20.9. The van der Waals surface area contributed by atoms with Gasteiger partial charge in [-0.05, 0) is 55.4 Å². The van der Waals surface area contributed by atoms with Crippen molar-refractivity contribution in [3.05, 3.63) is 65.7 Å². The second-order valence-corrected chi connectivity index (χ2v) is 20.5. The Morgan fingerprint density at radius 2 is 1.32 bits per heavy atom. The number of nitrogens with two attached hydrogens (primary N) is 5. The van der Waals surface area contributed by atoms with Crippen molar-refractivity contribution < 1.29 is 67.7 Å². The van der Waals surface area contributed by atoms with Gasteiger partial charge in [-0.2, -0.15) is 0 Å². The first-order chi connectivity index (χ1) is 36.9. The molecule has 30 heteroatoms. The van der Waals surface area contributed by atoms with Crippen molar-refractivity contribution in [2.24, 2.45) is 33.7 Å². The molecule has 426 valence electrons. The number of carbonyl (C=O) groups is 12. The smallest absolute Gasteiger partial charge is 0.300 e. The van der Waals surface area contributed by atoms with E-state index in [0.29, 0.717) is 17.5 Å². The van der Waals surface area contributed by atoms with E-state index in [9.17, 15) is 57.8 Å². The highest BCUT2D eigenvalue weighted by molar-refractivity contribution is 8.76. The number of rotatable bonds is 19. The Hall–Kier alpha value is -8.15. The fraction of sp³-hybridized carbons (Fsp3) is 0.479. The van der Waals surface area contributed by atoms with Crippen LogP contribution < -0.4 is 65.9 Å². The maximum absolute atomic E-state index is 14.6. The van der Waals surface area contributed by atoms with Crippen molar-refractivity contribution >= 4 is 98.5 Å². The quantitative estimate of drug-likeness (QED) is 0.0274. The summed E-state index contributed by atoms with van der Waals surface area (Å²) in [6.45, 7) is 0.682. The zero-order valence-electron chi connectivity index (χ0n) is 42.7. The highest BCUT2D eigenvalue weighted by Crippen LogP contribution is 2.26. The third-order valence-corrected chi connectivity index (χ3v) is 13.9. The maximum Gasteiger partial charge on any atom is 0.300 e. The molecule has 2 aliphatic heterocycles. The van der Waals surface area contributed by atoms with Gasteiger partial charge in [0.1, 0.15) is 48.0 Å². The summed E-state index contributed by atoms with van der Waals surface area (Å²) >= 11 is 0. The van der Waals surface area contributed by atoms with Crippen LogP contribution in [0.3, 0.4) is 0 Å². The maximum atomic E-state index is 14.6. The molecule has 2 heterocycles. The number of hydrogen-bond acceptors (Lipinski definition) is 16. The van der Waals surface area contributed by atoms with Crippen LogP contribution >= 0.6 is 21.6 Å². The lowest BCUT2D eigenvalue weighted by atomic mass is 10.0. The lowest BCUT2D eigenvalue weighted by Crippen LogP contribution is -2.61. The fourth-order valence-electron chi connectivity index (χ4n) is 7.78. The third-order valence-electron chi connectivity index (χ3n) is 11.5. The molecule has 0 spiro atoms. The van der Waals surface area contributed by atoms with Crippen molar-refractivity contribution in [2.75, 3.05) is 31.1 Å². The first kappa shape index (κ1) is 64.1. The van der Waals surface area contributed by atoms with Crippen LogP contribution in [0.4, 0.5) is 0 Å². The van der Waals surface area contributed by atoms with Crippen LogP contribution in [0.15, 0.2) is 59.6 Å². The molecular weight excluding hydrogens is 1060 g/mol. The van der Waals surface area contributed by atoms with Gasteiger partial charge in [0.2, 0.25) is 65.0 Å². The van der Waals surface area contributed by atoms with Gasteiger partial charge in [0.05, 0.1) is 13.0 Å². The van der Waals surface area contributed by atoms with Crippen LogP contribution in [0.25, 0.3) is 0 Å². The van der Waals surface area contributed by atoms with Crippen LogP contribution in [0.2, 0.25) is 0 Å². The summed E-state index contributed by atoms with van der Waals surface area (Å²) in [6.07, 6.45) is -1.34. The zero-order chi connectivity index (χ0) is 57.9. The number of primary amides is 3. The number of hydrogen-bond donors (Lipinski definition) is 14. The summed E-state index contributed by atoms with van der Waals surface area (Å²) in [5, 5.41) is 35.2. The molecule has 0 radical (unpaired) electrons. The summed E-state index contributed by atoms with van der Waals surface area (Å²) in [5.74, 6) is -10.6. The van der Waals surface area contributed by atoms with Crippen LogP contribution in [0.5, 0.6) is 5.75 Å². The number of benzene rings is 2. The van der Waals surface area contributed by atoms with E-state index < -0.39 is 139 Å². The molecule has 0 aromatic heterocycles. The predicted molar refractivity (Wildman–Crippen MR) is 285 cm³/mol. The van der Waals surface area contributed by atoms with Gasteiger partial charge in [-0.1, -0.05) is 64.1 Å². The second-order valence-electron chi connectivity index (χ2n) is 17.9. The lowest BCUT2D eigenvalue weighted by molar-refractivity contribution is -0.142. The Bertz CT molecular complexity index is 2480. The Morgan fingerprint density at radius 3 is 1.92 bits per heavy atom. The standard InChI is InChI=1S/C46H64N14O12S2.C2H4O2/c47-35(62)15-14-29-40(67)58-32(22-36(48)63)43(70)59-33(45(72)60-18-5-9-34(60)44(71)56-28(8-4-17-52-46(50)51)39(66)53-23-37(49)64)24-74-73-19-16-38(65)54-30(21-26-10-12-27(61)13-11-26)41(68)57-31(42(69)55-29)20-25-6-2-1-3-7-25;1-2(3)4/h1-3,6-7,10-13,28-34,61H,4-5,8-9,14-24H2,(H2,47,62)(H2,48,63)(H2,49,64)(H,53,66)(H,54,65)(H,55,69)(H,56,71)(H,57,68)(H,58,67)(H,59,70)(H4,50,51,52);1H3,(H,3,4)/t28-,29+,30+,31+,32+,33+,34?;/m1./s1. The molecule has 78 heavy (non-hydrogen) atoms. The van der Waals surface area contributed by atoms with Crippen LogP contribution in [-0.2, 0) is 70.4 Å². The number of carbonyl (C=O) groups excluding carboxylic acids is 11. The summed E-state index contributed by atoms with van der Waals surface area (Å²) in [4.78, 5) is 162. The van der Waals surface area contributed by atoms with Gasteiger partial charge in [-0.3, -0.25) is 62.5 Å². The van der Waals surface area contributed by atoms with Crippen molar-refractivity contribution in [3.8, 4) is 5.75 Å². The molecule has 2 saturated heterocycles. The van der Waals surface area contributed by atoms with E-state index >= 15 is 0 Å². The van der Waals surface area contributed by atoms with Crippen LogP contribution in [-0.4, -0.2) is 165 Å². The molecule has 4 rings (SSSR count). The highest BCUT2D eigenvalue weighted by atomic mass is 33.1. The molecule has 11 amide bonds. The van der Waals surface area contributed by atoms with Crippen molar-refractivity contribution in [2.45, 2.75) is 113 Å². The number of phenolic OH excluding ortho intramolecular Hbond substituents is 1. The average Bonchev–Trinajstić information content (AvgIpc) is 3.89. The molecule has 2 aliphatic rings. The van der Waals surface area contributed by atoms with E-state index in [-0.39, 0.29) is 74.8 Å². The number of carboxylic acid groups (broad SMARTS) is 1. The molecule has 0 bridgehead atoms. The second kappa shape index (κ2) is 33.1. The molecule has 28 nitrogen and oxygen atoms in total. The Labute approximate surface area is 456 Å². The van der Waals surface area contributed by atoms with Crippen LogP contribution in [0.1, 0.15) is 69.4 Å². The fourth-order valence-corrected chi connectivity index (χ4v) is 9.93. The first-order valence-electron chi connectivity index (χ1n) is 24.5. The largest absolute Gasteiger partial charge is 0.508 e. The number of amides is 11. The highest BCUT2D eigenvalue weighted by Gasteiger charge is 2.40. The summed E-state index contributed by atoms with van der Waals surface area (Å²) in [6, 6.07) is 4.52. The third kappa shape index (κ3) is 23.8. The van der Waals surface area contributed by atoms with Gasteiger partial charge in [-0.15, -0.1) is 0 Å². The molecule has 0 aliphatic carbocycles. The summed E-state index contributed by atoms with van der Waals surface area (Å²) in [7, 11) is 2.19. The topological polar surface area (TPSA) is 475 Å². The van der Waals surface area contributed by atoms with Crippen molar-refractivity contribution in [1.29, 1.82) is 0 Å². The van der Waals surface area contributed by atoms with Gasteiger partial charge in [-0.25, -0.2) is 0 Å². The number of aliphatic carboxylic acids is 1. The number of carboxylic acids is 1. The summed E-state index contributed by atoms with van der Waals surface area (Å²) < 4.78 is 0. The summed E-state index contributed by atoms with van der Waals surface area (Å²) in [5.41, 5.74) is 28.1. The SMILES string of the molecule is CC(=O)O.NC(=O)CC[C@@H]1NC(=O)[C@H](Cc2ccccc2)NC(=O)[C@H](Cc2ccc(O)cc2)NC(=O)CCSSC[C@@H](C(=O)N2CCCC2C(=O)N[C@H](CCCN=C(N)N)C(=O)NCC(N)=O)NC(=O)[C@H](CC(N)=O)NC1=O. The Kier molecular flexibility index (Phi) is 27.2. The molecule has 2 aromatic carbocycles. The minimum atomic E-state index is -1.77. The van der Waals surface area contributed by atoms with E-state index in [1.54, 1.807) is 42.5 Å². The predicted octanol–water partition coefficient (Wildman–Crippen LogP) is -4.25. The number of aromatic hydroxyl groups is 1. The van der Waals surface area contributed by atoms with E-state index in [0.717, 1.165) is 28.5 Å². The first-order valence-corrected chi connectivity index (χ1v) is 27.0. The zero-order valence-corrected chi connectivity index (χ0v) is 44.4. The molecule has 0 saturated carbocycles. The number of phenols is 1. The molecule has 7 atom stereocenters. The number of nitrogens with one attached hydrogen (secondary N) is 7. The lowest BCUT2D eigenvalue weighted by Gasteiger charge is -2.31. The average molecular weight is 1130 g/mol. The Balaban J connectivity index is 0.00000386. The van der Waals surface area contributed by atoms with E-state index in [2.05, 4.69) is 42.2 Å². The molecule has 1 unspecified atom stereocenters. The van der Waals surface area contributed by atoms with Crippen molar-refractivity contribution in [1.82, 2.24) is 42.1 Å². The molecule has 19 N–H and O–H groups in total. The van der Waals surface area contributed by atoms with Gasteiger partial charge < -0.3 is 81.0 Å². The number of guanidine groups is 1. The van der Waals surface area contributed by atoms with E-state index in [1.165, 1.54) is 17.0 Å². The van der Waals surface area contributed by atoms with Crippen LogP contribution in [0, 0.1) is 0 Å². The van der Waals surface area contributed by atoms with Crippen molar-refractivity contribution in [3.63, 3.8) is 0 Å². The molecule has 2 aromatic rings. The van der Waals surface area contributed by atoms with Gasteiger partial charge in [0, 0.05) is 57.2 Å². The minimum absolute atomic E-state index is 0.0128. The van der Waals surface area contributed by atoms with Gasteiger partial charge >= 0.3 is 0 Å². The monoisotopic (exact) mass is 1130 g/mol. The number of likely N-dealkylation sites (tertiary alicyclic amines) is 1. The van der Waals surface area contributed by atoms with Gasteiger partial charge in [0.25, 0.3) is 5.97 Å². The van der Waals surface area contributed by atoms with E-state index in [4.69, 9.17) is 38.6 Å². The van der Waals surface area contributed by atoms with Gasteiger partial charge in [0.15, 0.2) is 5.96 Å². The number of aliphatic imine (C=N–C) groups is 1.